The quantitative estimate of drug-likeness (QED) is 0.592. The number of hydrogen-bond donors (Lipinski definition) is 2. The molecule has 0 aromatic heterocycles. The standard InChI is InChI=1S/C26H35NO4Si/c1-26(2,3)32(4,5)31-24-15-17(28)14-23(24)27-25(29)30-16-22-20-12-8-6-10-18(20)19-11-7-9-13-21(19)22/h6-13,17,22-24,28H,14-16H2,1-5H3,(H,27,29)/t17?,23-,24-/m1/s1. The van der Waals surface area contributed by atoms with Crippen molar-refractivity contribution >= 4 is 14.4 Å². The Bertz CT molecular complexity index is 938. The van der Waals surface area contributed by atoms with E-state index in [9.17, 15) is 9.90 Å². The van der Waals surface area contributed by atoms with Crippen molar-refractivity contribution in [2.24, 2.45) is 0 Å². The summed E-state index contributed by atoms with van der Waals surface area (Å²) in [5, 5.41) is 13.3. The van der Waals surface area contributed by atoms with E-state index in [4.69, 9.17) is 9.16 Å². The summed E-state index contributed by atoms with van der Waals surface area (Å²) in [5.74, 6) is 0.0293. The largest absolute Gasteiger partial charge is 0.449 e. The Morgan fingerprint density at radius 1 is 1.03 bits per heavy atom. The number of amides is 1. The van der Waals surface area contributed by atoms with Gasteiger partial charge in [0.2, 0.25) is 0 Å². The van der Waals surface area contributed by atoms with E-state index in [-0.39, 0.29) is 29.7 Å². The SMILES string of the molecule is CC(C)(C)[Si](C)(C)O[C@@H]1CC(O)C[C@H]1NC(=O)OCC1c2ccccc2-c2ccccc21. The highest BCUT2D eigenvalue weighted by atomic mass is 28.4. The van der Waals surface area contributed by atoms with Crippen molar-refractivity contribution in [3.63, 3.8) is 0 Å². The minimum Gasteiger partial charge on any atom is -0.449 e. The molecule has 0 spiro atoms. The lowest BCUT2D eigenvalue weighted by atomic mass is 9.98. The number of carbonyl (C=O) groups excluding carboxylic acids is 1. The summed E-state index contributed by atoms with van der Waals surface area (Å²) in [5.41, 5.74) is 4.80. The highest BCUT2D eigenvalue weighted by molar-refractivity contribution is 6.74. The van der Waals surface area contributed by atoms with Crippen LogP contribution in [0.4, 0.5) is 4.79 Å². The number of benzene rings is 2. The van der Waals surface area contributed by atoms with Crippen LogP contribution in [-0.4, -0.2) is 44.4 Å². The second-order valence-electron chi connectivity index (χ2n) is 10.6. The summed E-state index contributed by atoms with van der Waals surface area (Å²) < 4.78 is 12.2. The zero-order valence-corrected chi connectivity index (χ0v) is 20.7. The third-order valence-electron chi connectivity index (χ3n) is 7.38. The van der Waals surface area contributed by atoms with Gasteiger partial charge in [-0.2, -0.15) is 0 Å². The van der Waals surface area contributed by atoms with Crippen molar-refractivity contribution < 1.29 is 19.1 Å². The van der Waals surface area contributed by atoms with Crippen molar-refractivity contribution in [3.05, 3.63) is 59.7 Å². The van der Waals surface area contributed by atoms with Crippen molar-refractivity contribution in [2.75, 3.05) is 6.61 Å². The van der Waals surface area contributed by atoms with Crippen LogP contribution in [0.5, 0.6) is 0 Å². The van der Waals surface area contributed by atoms with Gasteiger partial charge >= 0.3 is 6.09 Å². The number of ether oxygens (including phenoxy) is 1. The fourth-order valence-corrected chi connectivity index (χ4v) is 5.97. The summed E-state index contributed by atoms with van der Waals surface area (Å²) >= 11 is 0. The maximum absolute atomic E-state index is 12.7. The van der Waals surface area contributed by atoms with Crippen LogP contribution in [0.2, 0.25) is 18.1 Å². The molecule has 2 aromatic rings. The third-order valence-corrected chi connectivity index (χ3v) is 11.9. The average Bonchev–Trinajstić information content (AvgIpc) is 3.22. The Morgan fingerprint density at radius 2 is 1.59 bits per heavy atom. The van der Waals surface area contributed by atoms with Crippen LogP contribution in [0.1, 0.15) is 50.7 Å². The molecule has 2 N–H and O–H groups in total. The molecule has 6 heteroatoms. The van der Waals surface area contributed by atoms with Crippen LogP contribution in [-0.2, 0) is 9.16 Å². The molecule has 0 heterocycles. The maximum atomic E-state index is 12.7. The van der Waals surface area contributed by atoms with E-state index in [0.717, 1.165) is 0 Å². The molecule has 2 aromatic carbocycles. The molecule has 1 unspecified atom stereocenters. The number of hydrogen-bond acceptors (Lipinski definition) is 4. The monoisotopic (exact) mass is 453 g/mol. The highest BCUT2D eigenvalue weighted by Gasteiger charge is 2.44. The number of nitrogens with one attached hydrogen (secondary N) is 1. The van der Waals surface area contributed by atoms with Gasteiger partial charge in [-0.25, -0.2) is 4.79 Å². The Kier molecular flexibility index (Phi) is 6.22. The zero-order valence-electron chi connectivity index (χ0n) is 19.7. The highest BCUT2D eigenvalue weighted by Crippen LogP contribution is 2.44. The molecule has 0 radical (unpaired) electrons. The summed E-state index contributed by atoms with van der Waals surface area (Å²) in [6.07, 6.45) is -0.0746. The molecule has 1 amide bonds. The molecule has 0 bridgehead atoms. The molecule has 172 valence electrons. The Morgan fingerprint density at radius 3 is 2.16 bits per heavy atom. The van der Waals surface area contributed by atoms with Crippen LogP contribution < -0.4 is 5.32 Å². The molecule has 0 aliphatic heterocycles. The summed E-state index contributed by atoms with van der Waals surface area (Å²) in [6, 6.07) is 16.4. The van der Waals surface area contributed by atoms with Gasteiger partial charge in [0, 0.05) is 12.3 Å². The number of aliphatic hydroxyl groups is 1. The summed E-state index contributed by atoms with van der Waals surface area (Å²) in [6.45, 7) is 11.3. The topological polar surface area (TPSA) is 67.8 Å². The number of carbonyl (C=O) groups is 1. The Hall–Kier alpha value is -2.15. The smallest absolute Gasteiger partial charge is 0.407 e. The van der Waals surface area contributed by atoms with Gasteiger partial charge in [-0.3, -0.25) is 0 Å². The predicted octanol–water partition coefficient (Wildman–Crippen LogP) is 5.44. The molecule has 5 nitrogen and oxygen atoms in total. The molecule has 2 aliphatic carbocycles. The van der Waals surface area contributed by atoms with Gasteiger partial charge in [-0.1, -0.05) is 69.3 Å². The Labute approximate surface area is 192 Å². The number of alkyl carbamates (subject to hydrolysis) is 1. The minimum atomic E-state index is -2.01. The van der Waals surface area contributed by atoms with Gasteiger partial charge in [0.05, 0.1) is 18.2 Å². The maximum Gasteiger partial charge on any atom is 0.407 e. The first-order chi connectivity index (χ1) is 15.1. The van der Waals surface area contributed by atoms with E-state index in [1.54, 1.807) is 0 Å². The summed E-state index contributed by atoms with van der Waals surface area (Å²) in [7, 11) is -2.01. The van der Waals surface area contributed by atoms with Crippen LogP contribution in [0.25, 0.3) is 11.1 Å². The van der Waals surface area contributed by atoms with E-state index in [1.807, 2.05) is 24.3 Å². The van der Waals surface area contributed by atoms with E-state index < -0.39 is 20.5 Å². The molecule has 3 atom stereocenters. The molecular weight excluding hydrogens is 418 g/mol. The normalized spacial score (nSPS) is 23.0. The fraction of sp³-hybridized carbons (Fsp3) is 0.500. The second-order valence-corrected chi connectivity index (χ2v) is 15.4. The lowest BCUT2D eigenvalue weighted by Gasteiger charge is -2.39. The lowest BCUT2D eigenvalue weighted by Crippen LogP contribution is -2.49. The van der Waals surface area contributed by atoms with Gasteiger partial charge in [0.1, 0.15) is 6.61 Å². The fourth-order valence-electron chi connectivity index (χ4n) is 4.60. The Balaban J connectivity index is 1.41. The van der Waals surface area contributed by atoms with E-state index in [1.165, 1.54) is 22.3 Å². The molecule has 1 saturated carbocycles. The van der Waals surface area contributed by atoms with E-state index in [2.05, 4.69) is 63.4 Å². The molecule has 4 rings (SSSR count). The van der Waals surface area contributed by atoms with Gasteiger partial charge in [-0.15, -0.1) is 0 Å². The van der Waals surface area contributed by atoms with Crippen LogP contribution in [0.15, 0.2) is 48.5 Å². The third kappa shape index (κ3) is 4.49. The first-order valence-electron chi connectivity index (χ1n) is 11.5. The van der Waals surface area contributed by atoms with Crippen LogP contribution >= 0.6 is 0 Å². The van der Waals surface area contributed by atoms with Gasteiger partial charge in [-0.05, 0) is 46.8 Å². The van der Waals surface area contributed by atoms with Crippen molar-refractivity contribution in [2.45, 2.75) is 75.9 Å². The van der Waals surface area contributed by atoms with Crippen molar-refractivity contribution in [3.8, 4) is 11.1 Å². The summed E-state index contributed by atoms with van der Waals surface area (Å²) in [4.78, 5) is 12.7. The molecule has 2 aliphatic rings. The van der Waals surface area contributed by atoms with Crippen LogP contribution in [0, 0.1) is 0 Å². The van der Waals surface area contributed by atoms with Gasteiger partial charge < -0.3 is 19.6 Å². The predicted molar refractivity (Wildman–Crippen MR) is 129 cm³/mol. The number of fused-ring (bicyclic) bond motifs is 3. The van der Waals surface area contributed by atoms with Crippen molar-refractivity contribution in [1.82, 2.24) is 5.32 Å². The van der Waals surface area contributed by atoms with Crippen LogP contribution in [0.3, 0.4) is 0 Å². The molecule has 32 heavy (non-hydrogen) atoms. The lowest BCUT2D eigenvalue weighted by molar-refractivity contribution is 0.116. The molecule has 1 fully saturated rings. The van der Waals surface area contributed by atoms with Gasteiger partial charge in [0.25, 0.3) is 0 Å². The number of rotatable bonds is 5. The second kappa shape index (κ2) is 8.65. The van der Waals surface area contributed by atoms with E-state index >= 15 is 0 Å². The molecular formula is C26H35NO4Si. The van der Waals surface area contributed by atoms with E-state index in [0.29, 0.717) is 12.8 Å². The first kappa shape index (κ1) is 23.0. The average molecular weight is 454 g/mol. The number of aliphatic hydroxyl groups excluding tert-OH is 1. The molecule has 0 saturated heterocycles. The minimum absolute atomic E-state index is 0.0293. The van der Waals surface area contributed by atoms with Gasteiger partial charge in [0.15, 0.2) is 8.32 Å². The zero-order chi connectivity index (χ0) is 23.1. The van der Waals surface area contributed by atoms with Crippen molar-refractivity contribution in [1.29, 1.82) is 0 Å². The first-order valence-corrected chi connectivity index (χ1v) is 14.4.